The van der Waals surface area contributed by atoms with Gasteiger partial charge in [0.1, 0.15) is 0 Å². The Balaban J connectivity index is 1.84. The number of aliphatic hydroxyl groups is 1. The lowest BCUT2D eigenvalue weighted by atomic mass is 9.85. The molecule has 1 N–H and O–H groups in total. The van der Waals surface area contributed by atoms with E-state index in [0.717, 1.165) is 32.5 Å². The number of aliphatic hydroxyl groups excluding tert-OH is 1. The predicted molar refractivity (Wildman–Crippen MR) is 61.2 cm³/mol. The second-order valence-electron chi connectivity index (χ2n) is 5.33. The summed E-state index contributed by atoms with van der Waals surface area (Å²) in [7, 11) is 3.39. The van der Waals surface area contributed by atoms with E-state index in [2.05, 4.69) is 4.90 Å². The highest BCUT2D eigenvalue weighted by Gasteiger charge is 2.47. The fourth-order valence-electron chi connectivity index (χ4n) is 3.05. The highest BCUT2D eigenvalue weighted by molar-refractivity contribution is 4.95. The summed E-state index contributed by atoms with van der Waals surface area (Å²) in [6.07, 6.45) is 4.84. The van der Waals surface area contributed by atoms with Gasteiger partial charge in [-0.1, -0.05) is 12.8 Å². The Morgan fingerprint density at radius 2 is 1.69 bits per heavy atom. The zero-order valence-electron chi connectivity index (χ0n) is 10.4. The summed E-state index contributed by atoms with van der Waals surface area (Å²) in [5, 5.41) is 9.54. The molecule has 2 rings (SSSR count). The Labute approximate surface area is 97.5 Å². The van der Waals surface area contributed by atoms with E-state index in [-0.39, 0.29) is 5.41 Å². The molecule has 1 heterocycles. The summed E-state index contributed by atoms with van der Waals surface area (Å²) in [5.41, 5.74) is 0.146. The second-order valence-corrected chi connectivity index (χ2v) is 5.33. The molecule has 0 unspecified atom stereocenters. The number of likely N-dealkylation sites (tertiary alicyclic amines) is 1. The van der Waals surface area contributed by atoms with Crippen LogP contribution in [-0.2, 0) is 9.47 Å². The number of nitrogens with zero attached hydrogens (tertiary/aromatic N) is 1. The highest BCUT2D eigenvalue weighted by atomic mass is 16.7. The molecule has 0 spiro atoms. The van der Waals surface area contributed by atoms with Crippen molar-refractivity contribution in [3.8, 4) is 0 Å². The number of hydrogen-bond acceptors (Lipinski definition) is 4. The third-order valence-corrected chi connectivity index (χ3v) is 4.23. The van der Waals surface area contributed by atoms with Crippen LogP contribution in [0.4, 0.5) is 0 Å². The fraction of sp³-hybridized carbons (Fsp3) is 1.00. The second kappa shape index (κ2) is 4.61. The van der Waals surface area contributed by atoms with Gasteiger partial charge >= 0.3 is 0 Å². The van der Waals surface area contributed by atoms with E-state index in [9.17, 15) is 5.11 Å². The average Bonchev–Trinajstić information content (AvgIpc) is 2.72. The fourth-order valence-corrected chi connectivity index (χ4v) is 3.05. The van der Waals surface area contributed by atoms with Gasteiger partial charge in [-0.2, -0.15) is 0 Å². The van der Waals surface area contributed by atoms with Crippen molar-refractivity contribution in [1.82, 2.24) is 4.90 Å². The van der Waals surface area contributed by atoms with Gasteiger partial charge in [0.05, 0.1) is 13.1 Å². The molecule has 2 fully saturated rings. The van der Waals surface area contributed by atoms with E-state index in [0.29, 0.717) is 6.61 Å². The zero-order valence-corrected chi connectivity index (χ0v) is 10.4. The molecule has 0 aromatic rings. The van der Waals surface area contributed by atoms with E-state index in [1.54, 1.807) is 14.2 Å². The average molecular weight is 229 g/mol. The molecule has 0 amide bonds. The van der Waals surface area contributed by atoms with Crippen molar-refractivity contribution in [3.05, 3.63) is 0 Å². The molecule has 4 nitrogen and oxygen atoms in total. The van der Waals surface area contributed by atoms with Crippen LogP contribution in [0.15, 0.2) is 0 Å². The first-order valence-corrected chi connectivity index (χ1v) is 6.11. The first kappa shape index (κ1) is 12.3. The summed E-state index contributed by atoms with van der Waals surface area (Å²) in [5.74, 6) is -0.394. The minimum Gasteiger partial charge on any atom is -0.396 e. The number of ether oxygens (including phenoxy) is 2. The van der Waals surface area contributed by atoms with Crippen LogP contribution in [0.3, 0.4) is 0 Å². The van der Waals surface area contributed by atoms with Crippen molar-refractivity contribution in [2.24, 2.45) is 5.41 Å². The van der Waals surface area contributed by atoms with Crippen LogP contribution < -0.4 is 0 Å². The van der Waals surface area contributed by atoms with E-state index >= 15 is 0 Å². The molecule has 4 heteroatoms. The first-order valence-electron chi connectivity index (χ1n) is 6.11. The molecule has 1 aliphatic carbocycles. The molecule has 0 aromatic heterocycles. The quantitative estimate of drug-likeness (QED) is 0.710. The monoisotopic (exact) mass is 229 g/mol. The largest absolute Gasteiger partial charge is 0.396 e. The van der Waals surface area contributed by atoms with E-state index in [1.165, 1.54) is 12.8 Å². The molecule has 0 aromatic carbocycles. The van der Waals surface area contributed by atoms with Gasteiger partial charge in [-0.15, -0.1) is 0 Å². The molecule has 0 atom stereocenters. The maximum atomic E-state index is 9.54. The minimum absolute atomic E-state index is 0.146. The summed E-state index contributed by atoms with van der Waals surface area (Å²) >= 11 is 0. The smallest absolute Gasteiger partial charge is 0.193 e. The molecule has 1 saturated heterocycles. The van der Waals surface area contributed by atoms with Gasteiger partial charge < -0.3 is 14.6 Å². The molecule has 1 saturated carbocycles. The Morgan fingerprint density at radius 1 is 1.12 bits per heavy atom. The number of rotatable bonds is 5. The molecule has 1 aliphatic heterocycles. The summed E-state index contributed by atoms with van der Waals surface area (Å²) in [4.78, 5) is 2.33. The topological polar surface area (TPSA) is 41.9 Å². The molecule has 94 valence electrons. The lowest BCUT2D eigenvalue weighted by Gasteiger charge is -2.50. The number of hydrogen-bond donors (Lipinski definition) is 1. The normalized spacial score (nSPS) is 27.9. The van der Waals surface area contributed by atoms with Gasteiger partial charge in [-0.05, 0) is 12.8 Å². The predicted octanol–water partition coefficient (Wildman–Crippen LogP) is 0.844. The van der Waals surface area contributed by atoms with Gasteiger partial charge in [0.25, 0.3) is 0 Å². The van der Waals surface area contributed by atoms with Crippen molar-refractivity contribution in [2.75, 3.05) is 40.5 Å². The zero-order chi connectivity index (χ0) is 11.6. The third-order valence-electron chi connectivity index (χ3n) is 4.23. The van der Waals surface area contributed by atoms with Crippen LogP contribution in [0.5, 0.6) is 0 Å². The van der Waals surface area contributed by atoms with Gasteiger partial charge in [-0.3, -0.25) is 4.90 Å². The van der Waals surface area contributed by atoms with Crippen LogP contribution in [0.25, 0.3) is 0 Å². The molecular formula is C12H23NO3. The summed E-state index contributed by atoms with van der Waals surface area (Å²) in [6.45, 7) is 2.94. The molecule has 2 aliphatic rings. The van der Waals surface area contributed by atoms with E-state index in [4.69, 9.17) is 9.47 Å². The first-order chi connectivity index (χ1) is 7.67. The molecule has 0 bridgehead atoms. The van der Waals surface area contributed by atoms with Crippen molar-refractivity contribution in [2.45, 2.75) is 31.5 Å². The van der Waals surface area contributed by atoms with E-state index in [1.807, 2.05) is 0 Å². The standard InChI is InChI=1S/C12H23NO3/c1-15-12(16-2)8-13(9-12)7-11(10-14)5-3-4-6-11/h14H,3-10H2,1-2H3. The number of methoxy groups -OCH3 is 2. The van der Waals surface area contributed by atoms with E-state index < -0.39 is 5.79 Å². The maximum absolute atomic E-state index is 9.54. The van der Waals surface area contributed by atoms with Crippen LogP contribution in [0.1, 0.15) is 25.7 Å². The highest BCUT2D eigenvalue weighted by Crippen LogP contribution is 2.40. The third kappa shape index (κ3) is 2.12. The Morgan fingerprint density at radius 3 is 2.12 bits per heavy atom. The van der Waals surface area contributed by atoms with Gasteiger partial charge in [0, 0.05) is 32.8 Å². The van der Waals surface area contributed by atoms with Crippen molar-refractivity contribution < 1.29 is 14.6 Å². The van der Waals surface area contributed by atoms with Crippen molar-refractivity contribution in [1.29, 1.82) is 0 Å². The van der Waals surface area contributed by atoms with Gasteiger partial charge in [0.2, 0.25) is 0 Å². The molecular weight excluding hydrogens is 206 g/mol. The Kier molecular flexibility index (Phi) is 3.54. The SMILES string of the molecule is COC1(OC)CN(CC2(CO)CCCC2)C1. The lowest BCUT2D eigenvalue weighted by Crippen LogP contribution is -2.65. The van der Waals surface area contributed by atoms with Crippen LogP contribution in [-0.4, -0.2) is 56.3 Å². The Bertz CT molecular complexity index is 226. The van der Waals surface area contributed by atoms with Crippen LogP contribution in [0.2, 0.25) is 0 Å². The minimum atomic E-state index is -0.394. The molecule has 16 heavy (non-hydrogen) atoms. The summed E-state index contributed by atoms with van der Waals surface area (Å²) in [6, 6.07) is 0. The Hall–Kier alpha value is -0.160. The van der Waals surface area contributed by atoms with Gasteiger partial charge in [0.15, 0.2) is 5.79 Å². The lowest BCUT2D eigenvalue weighted by molar-refractivity contribution is -0.279. The van der Waals surface area contributed by atoms with Gasteiger partial charge in [-0.25, -0.2) is 0 Å². The van der Waals surface area contributed by atoms with Crippen molar-refractivity contribution >= 4 is 0 Å². The van der Waals surface area contributed by atoms with Crippen LogP contribution >= 0.6 is 0 Å². The molecule has 0 radical (unpaired) electrons. The van der Waals surface area contributed by atoms with Crippen LogP contribution in [0, 0.1) is 5.41 Å². The maximum Gasteiger partial charge on any atom is 0.193 e. The van der Waals surface area contributed by atoms with Crippen molar-refractivity contribution in [3.63, 3.8) is 0 Å². The summed E-state index contributed by atoms with van der Waals surface area (Å²) < 4.78 is 10.7.